The quantitative estimate of drug-likeness (QED) is 0.776. The minimum atomic E-state index is -0.0483. The Kier molecular flexibility index (Phi) is 5.67. The third kappa shape index (κ3) is 4.44. The lowest BCUT2D eigenvalue weighted by Crippen LogP contribution is -2.60. The molecule has 0 aromatic rings. The molecule has 2 fully saturated rings. The first-order chi connectivity index (χ1) is 9.16. The summed E-state index contributed by atoms with van der Waals surface area (Å²) in [6, 6.07) is 0.447. The Morgan fingerprint density at radius 3 is 2.16 bits per heavy atom. The van der Waals surface area contributed by atoms with Gasteiger partial charge in [-0.3, -0.25) is 0 Å². The summed E-state index contributed by atoms with van der Waals surface area (Å²) < 4.78 is 0. The first-order valence-corrected chi connectivity index (χ1v) is 8.27. The maximum atomic E-state index is 10.0. The van der Waals surface area contributed by atoms with Crippen LogP contribution in [0, 0.1) is 5.92 Å². The maximum Gasteiger partial charge on any atom is 0.0628 e. The third-order valence-electron chi connectivity index (χ3n) is 4.67. The zero-order valence-corrected chi connectivity index (χ0v) is 12.8. The third-order valence-corrected chi connectivity index (χ3v) is 4.67. The van der Waals surface area contributed by atoms with Crippen molar-refractivity contribution in [3.8, 4) is 0 Å². The molecule has 0 bridgehead atoms. The number of nitrogens with zero attached hydrogens (tertiary/aromatic N) is 1. The molecule has 3 heteroatoms. The monoisotopic (exact) mass is 268 g/mol. The second-order valence-electron chi connectivity index (χ2n) is 6.93. The number of hydrogen-bond acceptors (Lipinski definition) is 3. The smallest absolute Gasteiger partial charge is 0.0628 e. The summed E-state index contributed by atoms with van der Waals surface area (Å²) in [6.07, 6.45) is 9.39. The predicted molar refractivity (Wildman–Crippen MR) is 80.3 cm³/mol. The number of rotatable bonds is 6. The highest BCUT2D eigenvalue weighted by Gasteiger charge is 2.45. The summed E-state index contributed by atoms with van der Waals surface area (Å²) in [6.45, 7) is 8.14. The highest BCUT2D eigenvalue weighted by molar-refractivity contribution is 5.03. The first-order valence-electron chi connectivity index (χ1n) is 8.27. The van der Waals surface area contributed by atoms with Crippen molar-refractivity contribution in [2.45, 2.75) is 70.4 Å². The molecular weight excluding hydrogens is 236 g/mol. The number of aliphatic hydroxyl groups is 1. The number of hydrogen-bond donors (Lipinski definition) is 2. The van der Waals surface area contributed by atoms with E-state index in [4.69, 9.17) is 0 Å². The number of likely N-dealkylation sites (tertiary alicyclic amines) is 1. The molecule has 0 aromatic heterocycles. The van der Waals surface area contributed by atoms with E-state index in [1.54, 1.807) is 0 Å². The Morgan fingerprint density at radius 2 is 1.68 bits per heavy atom. The highest BCUT2D eigenvalue weighted by Crippen LogP contribution is 2.40. The van der Waals surface area contributed by atoms with E-state index in [2.05, 4.69) is 24.1 Å². The molecule has 0 amide bonds. The van der Waals surface area contributed by atoms with Crippen molar-refractivity contribution < 1.29 is 5.11 Å². The van der Waals surface area contributed by atoms with Crippen molar-refractivity contribution in [1.82, 2.24) is 10.2 Å². The molecule has 1 aliphatic heterocycles. The molecule has 112 valence electrons. The summed E-state index contributed by atoms with van der Waals surface area (Å²) >= 11 is 0. The van der Waals surface area contributed by atoms with Crippen LogP contribution in [-0.4, -0.2) is 47.8 Å². The molecule has 2 N–H and O–H groups in total. The summed E-state index contributed by atoms with van der Waals surface area (Å²) in [5.41, 5.74) is -0.0483. The molecule has 0 aromatic carbocycles. The van der Waals surface area contributed by atoms with E-state index in [0.29, 0.717) is 12.0 Å². The van der Waals surface area contributed by atoms with E-state index in [0.717, 1.165) is 6.54 Å². The van der Waals surface area contributed by atoms with E-state index in [-0.39, 0.29) is 12.1 Å². The van der Waals surface area contributed by atoms with Crippen molar-refractivity contribution in [1.29, 1.82) is 0 Å². The van der Waals surface area contributed by atoms with Crippen LogP contribution < -0.4 is 5.32 Å². The van der Waals surface area contributed by atoms with Crippen molar-refractivity contribution in [2.24, 2.45) is 5.92 Å². The second kappa shape index (κ2) is 7.05. The maximum absolute atomic E-state index is 10.0. The predicted octanol–water partition coefficient (Wildman–Crippen LogP) is 2.39. The Hall–Kier alpha value is -0.120. The van der Waals surface area contributed by atoms with Gasteiger partial charge in [0, 0.05) is 12.6 Å². The van der Waals surface area contributed by atoms with Crippen molar-refractivity contribution in [3.63, 3.8) is 0 Å². The van der Waals surface area contributed by atoms with E-state index in [9.17, 15) is 5.11 Å². The molecule has 1 heterocycles. The van der Waals surface area contributed by atoms with Gasteiger partial charge in [0.05, 0.1) is 12.1 Å². The van der Waals surface area contributed by atoms with Gasteiger partial charge in [0.1, 0.15) is 0 Å². The van der Waals surface area contributed by atoms with Gasteiger partial charge in [-0.25, -0.2) is 0 Å². The SMILES string of the molecule is CC(C)NC(CO)(CN1CCCCCCC1)C1CC1. The molecular formula is C16H32N2O. The summed E-state index contributed by atoms with van der Waals surface area (Å²) in [5, 5.41) is 13.7. The zero-order chi connectivity index (χ0) is 13.7. The molecule has 1 unspecified atom stereocenters. The molecule has 3 nitrogen and oxygen atoms in total. The zero-order valence-electron chi connectivity index (χ0n) is 12.8. The van der Waals surface area contributed by atoms with Crippen LogP contribution in [0.25, 0.3) is 0 Å². The number of aliphatic hydroxyl groups excluding tert-OH is 1. The van der Waals surface area contributed by atoms with Crippen LogP contribution in [0.4, 0.5) is 0 Å². The van der Waals surface area contributed by atoms with Crippen LogP contribution in [0.2, 0.25) is 0 Å². The standard InChI is InChI=1S/C16H32N2O/c1-14(2)17-16(13-19,15-8-9-15)12-18-10-6-4-3-5-7-11-18/h14-15,17,19H,3-13H2,1-2H3. The topological polar surface area (TPSA) is 35.5 Å². The lowest BCUT2D eigenvalue weighted by molar-refractivity contribution is 0.0798. The molecule has 1 saturated carbocycles. The summed E-state index contributed by atoms with van der Waals surface area (Å²) in [4.78, 5) is 2.60. The summed E-state index contributed by atoms with van der Waals surface area (Å²) in [5.74, 6) is 0.686. The molecule has 1 aliphatic carbocycles. The van der Waals surface area contributed by atoms with Gasteiger partial charge in [-0.2, -0.15) is 0 Å². The van der Waals surface area contributed by atoms with Gasteiger partial charge in [-0.15, -0.1) is 0 Å². The van der Waals surface area contributed by atoms with Crippen LogP contribution in [-0.2, 0) is 0 Å². The Bertz CT molecular complexity index is 257. The average Bonchev–Trinajstić information content (AvgIpc) is 3.15. The van der Waals surface area contributed by atoms with Crippen molar-refractivity contribution in [2.75, 3.05) is 26.2 Å². The Morgan fingerprint density at radius 1 is 1.11 bits per heavy atom. The molecule has 2 rings (SSSR count). The van der Waals surface area contributed by atoms with Crippen LogP contribution in [0.5, 0.6) is 0 Å². The van der Waals surface area contributed by atoms with Gasteiger partial charge < -0.3 is 15.3 Å². The lowest BCUT2D eigenvalue weighted by atomic mass is 9.91. The van der Waals surface area contributed by atoms with Crippen molar-refractivity contribution >= 4 is 0 Å². The Labute approximate surface area is 118 Å². The van der Waals surface area contributed by atoms with Gasteiger partial charge in [-0.05, 0) is 44.7 Å². The summed E-state index contributed by atoms with van der Waals surface area (Å²) in [7, 11) is 0. The van der Waals surface area contributed by atoms with E-state index < -0.39 is 0 Å². The largest absolute Gasteiger partial charge is 0.394 e. The number of nitrogens with one attached hydrogen (secondary N) is 1. The van der Waals surface area contributed by atoms with Gasteiger partial charge >= 0.3 is 0 Å². The molecule has 1 saturated heterocycles. The minimum Gasteiger partial charge on any atom is -0.394 e. The second-order valence-corrected chi connectivity index (χ2v) is 6.93. The van der Waals surface area contributed by atoms with Crippen LogP contribution in [0.15, 0.2) is 0 Å². The van der Waals surface area contributed by atoms with Crippen LogP contribution >= 0.6 is 0 Å². The minimum absolute atomic E-state index is 0.0483. The molecule has 1 atom stereocenters. The first kappa shape index (κ1) is 15.3. The van der Waals surface area contributed by atoms with Gasteiger partial charge in [0.2, 0.25) is 0 Å². The van der Waals surface area contributed by atoms with Crippen molar-refractivity contribution in [3.05, 3.63) is 0 Å². The van der Waals surface area contributed by atoms with E-state index in [1.807, 2.05) is 0 Å². The molecule has 19 heavy (non-hydrogen) atoms. The molecule has 0 spiro atoms. The lowest BCUT2D eigenvalue weighted by Gasteiger charge is -2.40. The van der Waals surface area contributed by atoms with Gasteiger partial charge in [0.25, 0.3) is 0 Å². The Balaban J connectivity index is 1.97. The fourth-order valence-electron chi connectivity index (χ4n) is 3.60. The van der Waals surface area contributed by atoms with Crippen LogP contribution in [0.3, 0.4) is 0 Å². The van der Waals surface area contributed by atoms with E-state index in [1.165, 1.54) is 58.0 Å². The van der Waals surface area contributed by atoms with E-state index >= 15 is 0 Å². The fraction of sp³-hybridized carbons (Fsp3) is 1.00. The molecule has 0 radical (unpaired) electrons. The highest BCUT2D eigenvalue weighted by atomic mass is 16.3. The fourth-order valence-corrected chi connectivity index (χ4v) is 3.60. The van der Waals surface area contributed by atoms with Gasteiger partial charge in [0.15, 0.2) is 0 Å². The van der Waals surface area contributed by atoms with Gasteiger partial charge in [-0.1, -0.05) is 33.1 Å². The van der Waals surface area contributed by atoms with Crippen LogP contribution in [0.1, 0.15) is 58.8 Å². The average molecular weight is 268 g/mol. The normalized spacial score (nSPS) is 25.9. The molecule has 2 aliphatic rings.